The molecule has 2 heterocycles. The minimum Gasteiger partial charge on any atom is -0.490 e. The summed E-state index contributed by atoms with van der Waals surface area (Å²) in [7, 11) is 0. The van der Waals surface area contributed by atoms with Crippen LogP contribution in [0.2, 0.25) is 5.02 Å². The number of thioether (sulfide) groups is 1. The lowest BCUT2D eigenvalue weighted by Gasteiger charge is -2.23. The lowest BCUT2D eigenvalue weighted by molar-refractivity contribution is -0.163. The van der Waals surface area contributed by atoms with Gasteiger partial charge in [-0.15, -0.1) is 0 Å². The molecule has 0 spiro atoms. The van der Waals surface area contributed by atoms with Gasteiger partial charge in [0.05, 0.1) is 17.8 Å². The summed E-state index contributed by atoms with van der Waals surface area (Å²) >= 11 is 7.21. The Morgan fingerprint density at radius 3 is 2.22 bits per heavy atom. The first-order chi connectivity index (χ1) is 24.3. The number of anilines is 1. The lowest BCUT2D eigenvalue weighted by Crippen LogP contribution is -2.43. The number of carbonyl (C=O) groups is 2. The Bertz CT molecular complexity index is 1920. The molecule has 15 heteroatoms. The highest BCUT2D eigenvalue weighted by Crippen LogP contribution is 2.42. The van der Waals surface area contributed by atoms with Crippen LogP contribution in [0.25, 0.3) is 27.4 Å². The maximum atomic E-state index is 12.6. The SMILES string of the molecule is [C-]#[N+]c1c(N)nc(SCc2coc(-c3ccc(Cl)cc3)n2)c(C#N)c1-c1ccc(OC[C@H](COC(=O)[C@@H](N)C(C)C)OC(=O)[C@@H](N)C(C)C)cc1. The van der Waals surface area contributed by atoms with Gasteiger partial charge in [0.1, 0.15) is 54.2 Å². The van der Waals surface area contributed by atoms with Gasteiger partial charge in [0.2, 0.25) is 11.6 Å². The van der Waals surface area contributed by atoms with Crippen molar-refractivity contribution in [1.82, 2.24) is 9.97 Å². The number of nitrogens with two attached hydrogens (primary N) is 3. The first-order valence-electron chi connectivity index (χ1n) is 15.9. The third-order valence-corrected chi connectivity index (χ3v) is 8.90. The number of hydrogen-bond acceptors (Lipinski definition) is 13. The Kier molecular flexibility index (Phi) is 13.4. The number of benzene rings is 2. The van der Waals surface area contributed by atoms with Gasteiger partial charge >= 0.3 is 11.9 Å². The second-order valence-corrected chi connectivity index (χ2v) is 13.5. The molecular weight excluding hydrogens is 694 g/mol. The van der Waals surface area contributed by atoms with Gasteiger partial charge < -0.3 is 35.8 Å². The van der Waals surface area contributed by atoms with E-state index in [2.05, 4.69) is 20.9 Å². The molecule has 2 aromatic carbocycles. The second kappa shape index (κ2) is 17.7. The third kappa shape index (κ3) is 9.99. The number of pyridine rings is 1. The van der Waals surface area contributed by atoms with Crippen molar-refractivity contribution in [3.05, 3.63) is 82.5 Å². The highest BCUT2D eigenvalue weighted by atomic mass is 35.5. The molecule has 0 amide bonds. The molecule has 0 saturated carbocycles. The van der Waals surface area contributed by atoms with Crippen LogP contribution in [-0.4, -0.2) is 53.3 Å². The molecule has 266 valence electrons. The first kappa shape index (κ1) is 38.7. The van der Waals surface area contributed by atoms with E-state index in [1.54, 1.807) is 76.2 Å². The van der Waals surface area contributed by atoms with Gasteiger partial charge in [0.25, 0.3) is 0 Å². The molecule has 0 aliphatic heterocycles. The zero-order chi connectivity index (χ0) is 37.2. The Labute approximate surface area is 305 Å². The van der Waals surface area contributed by atoms with Crippen LogP contribution in [0.4, 0.5) is 11.5 Å². The number of halogens is 1. The van der Waals surface area contributed by atoms with E-state index in [4.69, 9.17) is 54.0 Å². The van der Waals surface area contributed by atoms with E-state index in [1.807, 2.05) is 0 Å². The quantitative estimate of drug-likeness (QED) is 0.0713. The van der Waals surface area contributed by atoms with Crippen molar-refractivity contribution in [2.45, 2.75) is 56.7 Å². The molecule has 0 bridgehead atoms. The van der Waals surface area contributed by atoms with Gasteiger partial charge in [0.15, 0.2) is 6.10 Å². The molecule has 0 radical (unpaired) electrons. The van der Waals surface area contributed by atoms with E-state index < -0.39 is 30.1 Å². The number of esters is 2. The summed E-state index contributed by atoms with van der Waals surface area (Å²) in [5.74, 6) is -0.553. The van der Waals surface area contributed by atoms with Crippen molar-refractivity contribution >= 4 is 46.8 Å². The van der Waals surface area contributed by atoms with Crippen LogP contribution in [0.3, 0.4) is 0 Å². The van der Waals surface area contributed by atoms with Gasteiger partial charge in [-0.2, -0.15) is 5.26 Å². The molecule has 0 fully saturated rings. The predicted octanol–water partition coefficient (Wildman–Crippen LogP) is 6.15. The normalized spacial score (nSPS) is 12.8. The van der Waals surface area contributed by atoms with Crippen molar-refractivity contribution < 1.29 is 28.2 Å². The number of rotatable bonds is 15. The number of aromatic nitrogens is 2. The summed E-state index contributed by atoms with van der Waals surface area (Å²) in [6.45, 7) is 14.5. The zero-order valence-electron chi connectivity index (χ0n) is 28.5. The van der Waals surface area contributed by atoms with Gasteiger partial charge in [-0.1, -0.05) is 63.2 Å². The number of nitriles is 1. The molecule has 4 rings (SSSR count). The fraction of sp³-hybridized carbons (Fsp3) is 0.333. The monoisotopic (exact) mass is 731 g/mol. The maximum Gasteiger partial charge on any atom is 0.323 e. The Morgan fingerprint density at radius 2 is 1.61 bits per heavy atom. The summed E-state index contributed by atoms with van der Waals surface area (Å²) in [6, 6.07) is 14.1. The van der Waals surface area contributed by atoms with Gasteiger partial charge in [-0.25, -0.2) is 14.8 Å². The zero-order valence-corrected chi connectivity index (χ0v) is 30.0. The van der Waals surface area contributed by atoms with Crippen LogP contribution in [0, 0.1) is 29.7 Å². The van der Waals surface area contributed by atoms with E-state index in [-0.39, 0.29) is 42.1 Å². The maximum absolute atomic E-state index is 12.6. The number of nitrogen functional groups attached to an aromatic ring is 1. The van der Waals surface area contributed by atoms with Crippen molar-refractivity contribution in [2.75, 3.05) is 18.9 Å². The molecule has 2 aromatic heterocycles. The number of carbonyl (C=O) groups excluding carboxylic acids is 2. The van der Waals surface area contributed by atoms with Gasteiger partial charge in [-0.3, -0.25) is 9.59 Å². The number of oxazole rings is 1. The van der Waals surface area contributed by atoms with Crippen LogP contribution in [-0.2, 0) is 24.8 Å². The highest BCUT2D eigenvalue weighted by Gasteiger charge is 2.27. The molecule has 3 atom stereocenters. The molecule has 0 aliphatic rings. The molecule has 6 N–H and O–H groups in total. The molecule has 0 aliphatic carbocycles. The molecule has 0 saturated heterocycles. The topological polar surface area (TPSA) is 207 Å². The van der Waals surface area contributed by atoms with E-state index in [0.717, 1.165) is 5.56 Å². The predicted molar refractivity (Wildman–Crippen MR) is 194 cm³/mol. The fourth-order valence-corrected chi connectivity index (χ4v) is 5.49. The van der Waals surface area contributed by atoms with Crippen LogP contribution >= 0.6 is 23.4 Å². The first-order valence-corrected chi connectivity index (χ1v) is 17.2. The molecule has 4 aromatic rings. The fourth-order valence-electron chi connectivity index (χ4n) is 4.50. The Morgan fingerprint density at radius 1 is 0.980 bits per heavy atom. The van der Waals surface area contributed by atoms with E-state index >= 15 is 0 Å². The van der Waals surface area contributed by atoms with Crippen molar-refractivity contribution in [1.29, 1.82) is 5.26 Å². The second-order valence-electron chi connectivity index (χ2n) is 12.1. The number of nitrogens with zero attached hydrogens (tertiary/aromatic N) is 4. The molecule has 51 heavy (non-hydrogen) atoms. The van der Waals surface area contributed by atoms with Crippen molar-refractivity contribution in [3.63, 3.8) is 0 Å². The minimum absolute atomic E-state index is 0.0279. The summed E-state index contributed by atoms with van der Waals surface area (Å²) < 4.78 is 22.4. The summed E-state index contributed by atoms with van der Waals surface area (Å²) in [4.78, 5) is 37.5. The summed E-state index contributed by atoms with van der Waals surface area (Å²) in [6.07, 6.45) is 0.546. The smallest absolute Gasteiger partial charge is 0.323 e. The van der Waals surface area contributed by atoms with Gasteiger partial charge in [-0.05, 0) is 53.8 Å². The Balaban J connectivity index is 1.51. The summed E-state index contributed by atoms with van der Waals surface area (Å²) in [5, 5.41) is 11.1. The third-order valence-electron chi connectivity index (χ3n) is 7.64. The van der Waals surface area contributed by atoms with E-state index in [0.29, 0.717) is 44.3 Å². The molecule has 0 unspecified atom stereocenters. The molecular formula is C36H38ClN7O6S. The van der Waals surface area contributed by atoms with E-state index in [1.165, 1.54) is 18.0 Å². The number of hydrogen-bond donors (Lipinski definition) is 3. The number of ether oxygens (including phenoxy) is 3. The van der Waals surface area contributed by atoms with Crippen LogP contribution in [0.5, 0.6) is 5.75 Å². The highest BCUT2D eigenvalue weighted by molar-refractivity contribution is 7.98. The minimum atomic E-state index is -0.976. The lowest BCUT2D eigenvalue weighted by atomic mass is 10.00. The largest absolute Gasteiger partial charge is 0.490 e. The van der Waals surface area contributed by atoms with Gasteiger partial charge in [0, 0.05) is 21.9 Å². The standard InChI is InChI=1S/C36H38ClN7O6S/c1-19(2)29(39)35(45)49-17-26(50-36(46)30(40)20(3)4)16-47-25-12-8-21(9-13-25)28-27(14-38)34(44-32(41)31(28)42-5)51-18-24-15-48-33(43-24)22-6-10-23(37)11-7-22/h6-13,15,19-20,26,29-30H,16-18,39-40H2,1-4H3,(H2,41,44)/t26-,29+,30+/m1/s1. The Hall–Kier alpha value is -5.12. The average Bonchev–Trinajstić information content (AvgIpc) is 3.60. The average molecular weight is 732 g/mol. The van der Waals surface area contributed by atoms with E-state index in [9.17, 15) is 14.9 Å². The van der Waals surface area contributed by atoms with Crippen molar-refractivity contribution in [2.24, 2.45) is 23.3 Å². The van der Waals surface area contributed by atoms with Crippen molar-refractivity contribution in [3.8, 4) is 34.4 Å². The van der Waals surface area contributed by atoms with Crippen LogP contribution < -0.4 is 21.9 Å². The van der Waals surface area contributed by atoms with Crippen LogP contribution in [0.1, 0.15) is 39.0 Å². The summed E-state index contributed by atoms with van der Waals surface area (Å²) in [5.41, 5.74) is 20.5. The van der Waals surface area contributed by atoms with Crippen LogP contribution in [0.15, 0.2) is 64.2 Å². The molecule has 13 nitrogen and oxygen atoms in total.